The third-order valence-electron chi connectivity index (χ3n) is 3.98. The van der Waals surface area contributed by atoms with E-state index in [1.807, 2.05) is 60.7 Å². The number of hydrogen-bond acceptors (Lipinski definition) is 4. The van der Waals surface area contributed by atoms with Crippen LogP contribution in [0.25, 0.3) is 0 Å². The molecule has 2 amide bonds. The molecule has 0 saturated heterocycles. The molecule has 3 rings (SSSR count). The number of phenolic OH excluding ortho intramolecular Hbond substituents is 1. The first kappa shape index (κ1) is 17.9. The minimum absolute atomic E-state index is 0.0815. The van der Waals surface area contributed by atoms with Gasteiger partial charge in [-0.25, -0.2) is 4.79 Å². The summed E-state index contributed by atoms with van der Waals surface area (Å²) in [6, 6.07) is 21.5. The highest BCUT2D eigenvalue weighted by atomic mass is 16.6. The maximum absolute atomic E-state index is 12.5. The summed E-state index contributed by atoms with van der Waals surface area (Å²) in [6.45, 7) is 0. The van der Waals surface area contributed by atoms with Crippen molar-refractivity contribution in [1.82, 2.24) is 5.32 Å². The number of nitrogens with one attached hydrogen (secondary N) is 2. The van der Waals surface area contributed by atoms with E-state index in [0.717, 1.165) is 17.2 Å². The SMILES string of the molecule is O=C(Nc1ccc([N+](=O)[O-])cc1O)NC(c1ccccc1)c1ccccc1. The molecule has 3 N–H and O–H groups in total. The topological polar surface area (TPSA) is 104 Å². The van der Waals surface area contributed by atoms with Gasteiger partial charge in [-0.1, -0.05) is 60.7 Å². The molecular formula is C20H17N3O4. The number of phenols is 1. The Morgan fingerprint density at radius 3 is 1.96 bits per heavy atom. The highest BCUT2D eigenvalue weighted by Crippen LogP contribution is 2.28. The van der Waals surface area contributed by atoms with E-state index in [9.17, 15) is 20.0 Å². The number of carbonyl (C=O) groups excluding carboxylic acids is 1. The highest BCUT2D eigenvalue weighted by molar-refractivity contribution is 5.91. The Hall–Kier alpha value is -3.87. The van der Waals surface area contributed by atoms with Gasteiger partial charge in [-0.3, -0.25) is 10.1 Å². The van der Waals surface area contributed by atoms with E-state index in [0.29, 0.717) is 0 Å². The number of aromatic hydroxyl groups is 1. The second kappa shape index (κ2) is 8.01. The molecule has 3 aromatic rings. The summed E-state index contributed by atoms with van der Waals surface area (Å²) in [4.78, 5) is 22.6. The fraction of sp³-hybridized carbons (Fsp3) is 0.0500. The molecule has 0 radical (unpaired) electrons. The van der Waals surface area contributed by atoms with Crippen molar-refractivity contribution in [2.75, 3.05) is 5.32 Å². The standard InChI is InChI=1S/C20H17N3O4/c24-18-13-16(23(26)27)11-12-17(18)21-20(25)22-19(14-7-3-1-4-8-14)15-9-5-2-6-10-15/h1-13,19,24H,(H2,21,22,25). The zero-order valence-electron chi connectivity index (χ0n) is 14.2. The van der Waals surface area contributed by atoms with Crippen LogP contribution in [0.4, 0.5) is 16.2 Å². The summed E-state index contributed by atoms with van der Waals surface area (Å²) in [6.07, 6.45) is 0. The Kier molecular flexibility index (Phi) is 5.32. The van der Waals surface area contributed by atoms with Gasteiger partial charge in [0, 0.05) is 6.07 Å². The van der Waals surface area contributed by atoms with Crippen molar-refractivity contribution >= 4 is 17.4 Å². The van der Waals surface area contributed by atoms with Crippen LogP contribution in [-0.2, 0) is 0 Å². The average Bonchev–Trinajstić information content (AvgIpc) is 2.69. The average molecular weight is 363 g/mol. The molecule has 0 aliphatic heterocycles. The first-order chi connectivity index (χ1) is 13.0. The van der Waals surface area contributed by atoms with E-state index in [4.69, 9.17) is 0 Å². The number of nitro benzene ring substituents is 1. The van der Waals surface area contributed by atoms with Gasteiger partial charge in [0.15, 0.2) is 0 Å². The van der Waals surface area contributed by atoms with E-state index in [1.165, 1.54) is 12.1 Å². The molecule has 7 heteroatoms. The van der Waals surface area contributed by atoms with Crippen LogP contribution >= 0.6 is 0 Å². The van der Waals surface area contributed by atoms with E-state index in [1.54, 1.807) is 0 Å². The van der Waals surface area contributed by atoms with Crippen molar-refractivity contribution in [1.29, 1.82) is 0 Å². The number of nitro groups is 1. The van der Waals surface area contributed by atoms with Gasteiger partial charge < -0.3 is 15.7 Å². The molecule has 0 saturated carbocycles. The van der Waals surface area contributed by atoms with Crippen molar-refractivity contribution in [3.63, 3.8) is 0 Å². The Labute approximate surface area is 155 Å². The fourth-order valence-electron chi connectivity index (χ4n) is 2.68. The summed E-state index contributed by atoms with van der Waals surface area (Å²) in [7, 11) is 0. The van der Waals surface area contributed by atoms with Crippen LogP contribution in [0.3, 0.4) is 0 Å². The third kappa shape index (κ3) is 4.40. The molecule has 0 aliphatic rings. The molecule has 3 aromatic carbocycles. The minimum atomic E-state index is -0.621. The molecule has 0 unspecified atom stereocenters. The number of amides is 2. The smallest absolute Gasteiger partial charge is 0.320 e. The van der Waals surface area contributed by atoms with Crippen molar-refractivity contribution in [3.8, 4) is 5.75 Å². The van der Waals surface area contributed by atoms with Crippen LogP contribution in [0.5, 0.6) is 5.75 Å². The van der Waals surface area contributed by atoms with Gasteiger partial charge in [-0.15, -0.1) is 0 Å². The summed E-state index contributed by atoms with van der Waals surface area (Å²) in [5, 5.41) is 26.0. The van der Waals surface area contributed by atoms with Crippen LogP contribution in [0.15, 0.2) is 78.9 Å². The van der Waals surface area contributed by atoms with Crippen LogP contribution in [0, 0.1) is 10.1 Å². The van der Waals surface area contributed by atoms with Gasteiger partial charge in [-0.05, 0) is 17.2 Å². The van der Waals surface area contributed by atoms with Crippen LogP contribution in [0.2, 0.25) is 0 Å². The highest BCUT2D eigenvalue weighted by Gasteiger charge is 2.18. The molecule has 0 aliphatic carbocycles. The summed E-state index contributed by atoms with van der Waals surface area (Å²) in [5.74, 6) is -0.379. The summed E-state index contributed by atoms with van der Waals surface area (Å²) in [5.41, 5.74) is 1.61. The molecule has 0 fully saturated rings. The Balaban J connectivity index is 1.80. The maximum atomic E-state index is 12.5. The Morgan fingerprint density at radius 2 is 1.48 bits per heavy atom. The lowest BCUT2D eigenvalue weighted by Crippen LogP contribution is -2.33. The van der Waals surface area contributed by atoms with Crippen LogP contribution in [0.1, 0.15) is 17.2 Å². The zero-order chi connectivity index (χ0) is 19.2. The lowest BCUT2D eigenvalue weighted by atomic mass is 9.99. The number of benzene rings is 3. The second-order valence-electron chi connectivity index (χ2n) is 5.81. The lowest BCUT2D eigenvalue weighted by Gasteiger charge is -2.20. The van der Waals surface area contributed by atoms with Gasteiger partial charge in [-0.2, -0.15) is 0 Å². The molecule has 0 spiro atoms. The third-order valence-corrected chi connectivity index (χ3v) is 3.98. The molecule has 0 aromatic heterocycles. The fourth-order valence-corrected chi connectivity index (χ4v) is 2.68. The molecule has 27 heavy (non-hydrogen) atoms. The van der Waals surface area contributed by atoms with E-state index >= 15 is 0 Å². The van der Waals surface area contributed by atoms with Gasteiger partial charge in [0.1, 0.15) is 5.75 Å². The van der Waals surface area contributed by atoms with Crippen molar-refractivity contribution in [2.24, 2.45) is 0 Å². The van der Waals surface area contributed by atoms with Crippen LogP contribution in [-0.4, -0.2) is 16.1 Å². The predicted molar refractivity (Wildman–Crippen MR) is 102 cm³/mol. The quantitative estimate of drug-likeness (QED) is 0.359. The molecule has 0 atom stereocenters. The molecule has 0 heterocycles. The number of rotatable bonds is 5. The first-order valence-corrected chi connectivity index (χ1v) is 8.19. The number of nitrogens with zero attached hydrogens (tertiary/aromatic N) is 1. The van der Waals surface area contributed by atoms with E-state index in [2.05, 4.69) is 10.6 Å². The number of anilines is 1. The lowest BCUT2D eigenvalue weighted by molar-refractivity contribution is -0.384. The van der Waals surface area contributed by atoms with Gasteiger partial charge >= 0.3 is 6.03 Å². The van der Waals surface area contributed by atoms with Gasteiger partial charge in [0.25, 0.3) is 5.69 Å². The minimum Gasteiger partial charge on any atom is -0.506 e. The predicted octanol–water partition coefficient (Wildman–Crippen LogP) is 4.21. The maximum Gasteiger partial charge on any atom is 0.320 e. The molecular weight excluding hydrogens is 346 g/mol. The van der Waals surface area contributed by atoms with Crippen molar-refractivity contribution in [3.05, 3.63) is 100 Å². The Morgan fingerprint density at radius 1 is 0.926 bits per heavy atom. The Bertz CT molecular complexity index is 906. The summed E-state index contributed by atoms with van der Waals surface area (Å²) >= 11 is 0. The van der Waals surface area contributed by atoms with Gasteiger partial charge in [0.2, 0.25) is 0 Å². The van der Waals surface area contributed by atoms with Crippen molar-refractivity contribution < 1.29 is 14.8 Å². The first-order valence-electron chi connectivity index (χ1n) is 8.19. The molecule has 0 bridgehead atoms. The van der Waals surface area contributed by atoms with E-state index < -0.39 is 17.0 Å². The normalized spacial score (nSPS) is 10.4. The zero-order valence-corrected chi connectivity index (χ0v) is 14.2. The van der Waals surface area contributed by atoms with Crippen LogP contribution < -0.4 is 10.6 Å². The number of carbonyl (C=O) groups is 1. The van der Waals surface area contributed by atoms with Gasteiger partial charge in [0.05, 0.1) is 22.7 Å². The number of non-ortho nitro benzene ring substituents is 1. The molecule has 7 nitrogen and oxygen atoms in total. The largest absolute Gasteiger partial charge is 0.506 e. The summed E-state index contributed by atoms with van der Waals surface area (Å²) < 4.78 is 0. The monoisotopic (exact) mass is 363 g/mol. The van der Waals surface area contributed by atoms with Crippen molar-refractivity contribution in [2.45, 2.75) is 6.04 Å². The number of hydrogen-bond donors (Lipinski definition) is 3. The van der Waals surface area contributed by atoms with E-state index in [-0.39, 0.29) is 17.1 Å². The molecule has 136 valence electrons. The second-order valence-corrected chi connectivity index (χ2v) is 5.81. The number of urea groups is 1.